The zero-order chi connectivity index (χ0) is 22.3. The molecule has 1 N–H and O–H groups in total. The van der Waals surface area contributed by atoms with Crippen molar-refractivity contribution in [3.05, 3.63) is 46.8 Å². The molecule has 0 bridgehead atoms. The molecule has 0 aliphatic carbocycles. The first-order valence-electron chi connectivity index (χ1n) is 8.55. The highest BCUT2D eigenvalue weighted by Gasteiger charge is 2.36. The zero-order valence-electron chi connectivity index (χ0n) is 16.0. The maximum atomic E-state index is 13.3. The van der Waals surface area contributed by atoms with Crippen molar-refractivity contribution in [3.63, 3.8) is 0 Å². The number of rotatable bonds is 5. The number of halogens is 3. The van der Waals surface area contributed by atoms with Crippen molar-refractivity contribution in [3.8, 4) is 0 Å². The van der Waals surface area contributed by atoms with Crippen LogP contribution in [0.15, 0.2) is 29.4 Å². The van der Waals surface area contributed by atoms with Crippen LogP contribution in [0.5, 0.6) is 0 Å². The minimum absolute atomic E-state index is 0.0115. The number of aryl methyl sites for hydroxylation is 2. The lowest BCUT2D eigenvalue weighted by atomic mass is 10.1. The van der Waals surface area contributed by atoms with Crippen LogP contribution in [0.1, 0.15) is 34.2 Å². The Kier molecular flexibility index (Phi) is 5.41. The van der Waals surface area contributed by atoms with Crippen LogP contribution in [0.25, 0.3) is 5.78 Å². The highest BCUT2D eigenvalue weighted by molar-refractivity contribution is 7.92. The fourth-order valence-electron chi connectivity index (χ4n) is 2.65. The van der Waals surface area contributed by atoms with Crippen molar-refractivity contribution in [1.29, 1.82) is 0 Å². The van der Waals surface area contributed by atoms with Gasteiger partial charge in [-0.05, 0) is 38.5 Å². The third-order valence-electron chi connectivity index (χ3n) is 3.96. The van der Waals surface area contributed by atoms with Crippen LogP contribution in [0, 0.1) is 13.8 Å². The number of anilines is 1. The minimum atomic E-state index is -4.80. The lowest BCUT2D eigenvalue weighted by molar-refractivity contribution is -0.142. The van der Waals surface area contributed by atoms with E-state index in [0.717, 1.165) is 6.07 Å². The molecular formula is C17H16F3N5O4S. The first kappa shape index (κ1) is 21.5. The van der Waals surface area contributed by atoms with Crippen LogP contribution < -0.4 is 4.72 Å². The van der Waals surface area contributed by atoms with Crippen LogP contribution in [-0.4, -0.2) is 40.6 Å². The Bertz CT molecular complexity index is 1240. The molecule has 160 valence electrons. The highest BCUT2D eigenvalue weighted by Crippen LogP contribution is 2.30. The molecule has 0 saturated carbocycles. The number of hydrogen-bond acceptors (Lipinski definition) is 7. The maximum Gasteiger partial charge on any atom is 0.433 e. The van der Waals surface area contributed by atoms with Crippen LogP contribution >= 0.6 is 0 Å². The minimum Gasteiger partial charge on any atom is -0.462 e. The van der Waals surface area contributed by atoms with Gasteiger partial charge < -0.3 is 4.74 Å². The van der Waals surface area contributed by atoms with Crippen molar-refractivity contribution < 1.29 is 31.1 Å². The third-order valence-corrected chi connectivity index (χ3v) is 5.08. The molecule has 0 aliphatic rings. The van der Waals surface area contributed by atoms with Gasteiger partial charge in [-0.3, -0.25) is 4.72 Å². The molecule has 3 rings (SSSR count). The van der Waals surface area contributed by atoms with Crippen LogP contribution in [0.2, 0.25) is 0 Å². The zero-order valence-corrected chi connectivity index (χ0v) is 16.8. The summed E-state index contributed by atoms with van der Waals surface area (Å²) in [6.07, 6.45) is -4.80. The van der Waals surface area contributed by atoms with Gasteiger partial charge in [0.15, 0.2) is 5.69 Å². The Hall–Kier alpha value is -3.22. The first-order chi connectivity index (χ1) is 13.9. The van der Waals surface area contributed by atoms with Gasteiger partial charge in [-0.2, -0.15) is 31.1 Å². The number of fused-ring (bicyclic) bond motifs is 1. The second-order valence-corrected chi connectivity index (χ2v) is 7.79. The number of para-hydroxylation sites is 1. The van der Waals surface area contributed by atoms with E-state index in [-0.39, 0.29) is 23.6 Å². The van der Waals surface area contributed by atoms with Crippen molar-refractivity contribution in [2.75, 3.05) is 11.3 Å². The van der Waals surface area contributed by atoms with Crippen LogP contribution in [-0.2, 0) is 20.9 Å². The van der Waals surface area contributed by atoms with E-state index < -0.39 is 38.8 Å². The third kappa shape index (κ3) is 4.06. The quantitative estimate of drug-likeness (QED) is 0.603. The number of sulfonamides is 1. The lowest BCUT2D eigenvalue weighted by Crippen LogP contribution is -2.19. The predicted octanol–water partition coefficient (Wildman–Crippen LogP) is 2.74. The van der Waals surface area contributed by atoms with E-state index in [1.165, 1.54) is 19.1 Å². The van der Waals surface area contributed by atoms with E-state index >= 15 is 0 Å². The Morgan fingerprint density at radius 2 is 1.93 bits per heavy atom. The number of nitrogens with one attached hydrogen (secondary N) is 1. The second-order valence-electron chi connectivity index (χ2n) is 6.21. The Morgan fingerprint density at radius 3 is 2.57 bits per heavy atom. The van der Waals surface area contributed by atoms with Gasteiger partial charge in [0.2, 0.25) is 0 Å². The van der Waals surface area contributed by atoms with Crippen molar-refractivity contribution in [2.24, 2.45) is 0 Å². The Labute approximate surface area is 169 Å². The largest absolute Gasteiger partial charge is 0.462 e. The van der Waals surface area contributed by atoms with Crippen molar-refractivity contribution in [1.82, 2.24) is 19.6 Å². The van der Waals surface area contributed by atoms with Gasteiger partial charge in [0.25, 0.3) is 21.0 Å². The monoisotopic (exact) mass is 443 g/mol. The van der Waals surface area contributed by atoms with Crippen molar-refractivity contribution >= 4 is 27.5 Å². The van der Waals surface area contributed by atoms with Gasteiger partial charge in [0, 0.05) is 5.69 Å². The standard InChI is InChI=1S/C17H16F3N5O4S/c1-4-29-14(26)11-7-5-6-9(2)13(11)24-30(27,28)16-22-15-21-10(3)8-12(17(18,19)20)25(15)23-16/h5-8,24H,4H2,1-3H3. The molecular weight excluding hydrogens is 427 g/mol. The summed E-state index contributed by atoms with van der Waals surface area (Å²) >= 11 is 0. The van der Waals surface area contributed by atoms with Gasteiger partial charge in [-0.25, -0.2) is 9.78 Å². The normalized spacial score (nSPS) is 12.2. The summed E-state index contributed by atoms with van der Waals surface area (Å²) in [7, 11) is -4.55. The van der Waals surface area contributed by atoms with Crippen LogP contribution in [0.3, 0.4) is 0 Å². The molecule has 0 fully saturated rings. The molecule has 2 heterocycles. The summed E-state index contributed by atoms with van der Waals surface area (Å²) in [6, 6.07) is 5.16. The van der Waals surface area contributed by atoms with Gasteiger partial charge in [0.05, 0.1) is 17.9 Å². The molecule has 0 amide bonds. The average Bonchev–Trinajstić information content (AvgIpc) is 3.06. The maximum absolute atomic E-state index is 13.3. The number of ether oxygens (including phenoxy) is 1. The lowest BCUT2D eigenvalue weighted by Gasteiger charge is -2.13. The molecule has 9 nitrogen and oxygen atoms in total. The molecule has 0 spiro atoms. The number of carbonyl (C=O) groups excluding carboxylic acids is 1. The van der Waals surface area contributed by atoms with E-state index in [0.29, 0.717) is 10.1 Å². The summed E-state index contributed by atoms with van der Waals surface area (Å²) < 4.78 is 72.8. The van der Waals surface area contributed by atoms with E-state index in [9.17, 15) is 26.4 Å². The number of alkyl halides is 3. The molecule has 3 aromatic rings. The molecule has 2 aromatic heterocycles. The number of aromatic nitrogens is 4. The molecule has 0 unspecified atom stereocenters. The molecule has 0 radical (unpaired) electrons. The van der Waals surface area contributed by atoms with E-state index in [2.05, 4.69) is 19.8 Å². The van der Waals surface area contributed by atoms with Gasteiger partial charge in [-0.1, -0.05) is 12.1 Å². The van der Waals surface area contributed by atoms with E-state index in [4.69, 9.17) is 4.74 Å². The van der Waals surface area contributed by atoms with E-state index in [1.54, 1.807) is 19.9 Å². The Morgan fingerprint density at radius 1 is 1.23 bits per heavy atom. The van der Waals surface area contributed by atoms with Gasteiger partial charge in [0.1, 0.15) is 0 Å². The molecule has 1 aromatic carbocycles. The van der Waals surface area contributed by atoms with E-state index in [1.807, 2.05) is 0 Å². The molecule has 13 heteroatoms. The first-order valence-corrected chi connectivity index (χ1v) is 10.0. The topological polar surface area (TPSA) is 116 Å². The summed E-state index contributed by atoms with van der Waals surface area (Å²) in [4.78, 5) is 19.6. The number of carbonyl (C=O) groups is 1. The molecule has 0 saturated heterocycles. The number of esters is 1. The second kappa shape index (κ2) is 7.55. The summed E-state index contributed by atoms with van der Waals surface area (Å²) in [5, 5.41) is 2.56. The number of benzene rings is 1. The summed E-state index contributed by atoms with van der Waals surface area (Å²) in [6.45, 7) is 4.52. The Balaban J connectivity index is 2.10. The summed E-state index contributed by atoms with van der Waals surface area (Å²) in [5.41, 5.74) is -0.994. The average molecular weight is 443 g/mol. The van der Waals surface area contributed by atoms with Gasteiger partial charge in [-0.15, -0.1) is 5.10 Å². The summed E-state index contributed by atoms with van der Waals surface area (Å²) in [5.74, 6) is -1.29. The smallest absolute Gasteiger partial charge is 0.433 e. The number of nitrogens with zero attached hydrogens (tertiary/aromatic N) is 4. The van der Waals surface area contributed by atoms with Crippen molar-refractivity contribution in [2.45, 2.75) is 32.1 Å². The SMILES string of the molecule is CCOC(=O)c1cccc(C)c1NS(=O)(=O)c1nc2nc(C)cc(C(F)(F)F)n2n1. The molecule has 30 heavy (non-hydrogen) atoms. The number of hydrogen-bond donors (Lipinski definition) is 1. The fraction of sp³-hybridized carbons (Fsp3) is 0.294. The van der Waals surface area contributed by atoms with Crippen LogP contribution in [0.4, 0.5) is 18.9 Å². The molecule has 0 atom stereocenters. The fourth-order valence-corrected chi connectivity index (χ4v) is 3.67. The molecule has 0 aliphatic heterocycles. The predicted molar refractivity (Wildman–Crippen MR) is 98.5 cm³/mol. The highest BCUT2D eigenvalue weighted by atomic mass is 32.2. The van der Waals surface area contributed by atoms with Gasteiger partial charge >= 0.3 is 12.1 Å².